The molecule has 2 heterocycles. The Morgan fingerprint density at radius 1 is 1.22 bits per heavy atom. The van der Waals surface area contributed by atoms with E-state index in [0.29, 0.717) is 6.61 Å². The predicted molar refractivity (Wildman–Crippen MR) is 95.9 cm³/mol. The molecule has 0 radical (unpaired) electrons. The Bertz CT molecular complexity index is 675. The number of nitrogens with zero attached hydrogens (tertiary/aromatic N) is 3. The van der Waals surface area contributed by atoms with Crippen LogP contribution >= 0.6 is 23.7 Å². The standard InChI is InChI=1S/C16H21N3O2S.ClH/c1-3-21-15-6-4-14(5-7-15)17-16-19(13(2)12-22-16)18-8-10-20-11-9-18;/h4-7,12H,3,8-11H2,1-2H3;1H. The summed E-state index contributed by atoms with van der Waals surface area (Å²) in [4.78, 5) is 5.77. The maximum atomic E-state index is 5.47. The number of morpholine rings is 1. The average Bonchev–Trinajstić information content (AvgIpc) is 2.91. The van der Waals surface area contributed by atoms with Crippen LogP contribution in [0.4, 0.5) is 5.69 Å². The molecule has 7 heteroatoms. The van der Waals surface area contributed by atoms with Gasteiger partial charge in [-0.1, -0.05) is 0 Å². The topological polar surface area (TPSA) is 39.0 Å². The van der Waals surface area contributed by atoms with Crippen LogP contribution in [-0.4, -0.2) is 37.6 Å². The number of halogens is 1. The molecule has 1 aromatic heterocycles. The van der Waals surface area contributed by atoms with Crippen LogP contribution in [0.3, 0.4) is 0 Å². The number of benzene rings is 1. The van der Waals surface area contributed by atoms with Gasteiger partial charge in [0.25, 0.3) is 0 Å². The van der Waals surface area contributed by atoms with Gasteiger partial charge in [-0.15, -0.1) is 23.7 Å². The van der Waals surface area contributed by atoms with Crippen LogP contribution in [0, 0.1) is 6.92 Å². The van der Waals surface area contributed by atoms with Gasteiger partial charge in [0, 0.05) is 11.1 Å². The molecule has 0 N–H and O–H groups in total. The summed E-state index contributed by atoms with van der Waals surface area (Å²) in [5.41, 5.74) is 2.14. The van der Waals surface area contributed by atoms with Gasteiger partial charge in [0.2, 0.25) is 4.80 Å². The van der Waals surface area contributed by atoms with Crippen LogP contribution in [-0.2, 0) is 4.74 Å². The van der Waals surface area contributed by atoms with E-state index in [2.05, 4.69) is 22.0 Å². The first-order valence-electron chi connectivity index (χ1n) is 7.55. The minimum Gasteiger partial charge on any atom is -0.494 e. The molecule has 1 saturated heterocycles. The van der Waals surface area contributed by atoms with Crippen LogP contribution in [0.1, 0.15) is 12.6 Å². The summed E-state index contributed by atoms with van der Waals surface area (Å²) in [7, 11) is 0. The predicted octanol–water partition coefficient (Wildman–Crippen LogP) is 2.88. The molecule has 0 spiro atoms. The van der Waals surface area contributed by atoms with Crippen LogP contribution in [0.25, 0.3) is 0 Å². The summed E-state index contributed by atoms with van der Waals surface area (Å²) < 4.78 is 13.1. The van der Waals surface area contributed by atoms with E-state index in [0.717, 1.165) is 42.5 Å². The van der Waals surface area contributed by atoms with E-state index in [1.807, 2.05) is 31.2 Å². The fourth-order valence-electron chi connectivity index (χ4n) is 2.45. The van der Waals surface area contributed by atoms with Gasteiger partial charge < -0.3 is 14.5 Å². The highest BCUT2D eigenvalue weighted by atomic mass is 35.5. The van der Waals surface area contributed by atoms with Gasteiger partial charge in [-0.2, -0.15) is 0 Å². The van der Waals surface area contributed by atoms with Crippen molar-refractivity contribution in [3.63, 3.8) is 0 Å². The van der Waals surface area contributed by atoms with Crippen molar-refractivity contribution < 1.29 is 9.47 Å². The number of aromatic nitrogens is 1. The second kappa shape index (κ2) is 8.38. The molecule has 1 aliphatic heterocycles. The first kappa shape index (κ1) is 17.8. The number of thiazole rings is 1. The van der Waals surface area contributed by atoms with E-state index in [1.165, 1.54) is 5.69 Å². The van der Waals surface area contributed by atoms with E-state index in [9.17, 15) is 0 Å². The molecule has 0 aliphatic carbocycles. The minimum absolute atomic E-state index is 0. The molecule has 0 atom stereocenters. The zero-order valence-corrected chi connectivity index (χ0v) is 15.0. The Morgan fingerprint density at radius 2 is 1.91 bits per heavy atom. The van der Waals surface area contributed by atoms with Crippen molar-refractivity contribution in [3.05, 3.63) is 40.1 Å². The van der Waals surface area contributed by atoms with Crippen molar-refractivity contribution in [3.8, 4) is 5.75 Å². The second-order valence-electron chi connectivity index (χ2n) is 5.08. The maximum absolute atomic E-state index is 5.47. The largest absolute Gasteiger partial charge is 0.494 e. The normalized spacial score (nSPS) is 15.4. The van der Waals surface area contributed by atoms with Gasteiger partial charge in [-0.05, 0) is 38.1 Å². The highest BCUT2D eigenvalue weighted by Gasteiger charge is 2.14. The Balaban J connectivity index is 0.00000192. The van der Waals surface area contributed by atoms with E-state index in [1.54, 1.807) is 11.3 Å². The lowest BCUT2D eigenvalue weighted by atomic mass is 10.3. The molecule has 1 aliphatic rings. The van der Waals surface area contributed by atoms with Crippen LogP contribution < -0.4 is 14.5 Å². The van der Waals surface area contributed by atoms with Gasteiger partial charge in [0.1, 0.15) is 5.75 Å². The lowest BCUT2D eigenvalue weighted by molar-refractivity contribution is 0.110. The summed E-state index contributed by atoms with van der Waals surface area (Å²) in [6, 6.07) is 7.90. The molecule has 23 heavy (non-hydrogen) atoms. The zero-order valence-electron chi connectivity index (χ0n) is 13.4. The highest BCUT2D eigenvalue weighted by molar-refractivity contribution is 7.07. The first-order valence-corrected chi connectivity index (χ1v) is 8.43. The number of rotatable bonds is 4. The Kier molecular flexibility index (Phi) is 6.50. The smallest absolute Gasteiger partial charge is 0.209 e. The molecular weight excluding hydrogens is 334 g/mol. The van der Waals surface area contributed by atoms with E-state index in [-0.39, 0.29) is 12.4 Å². The molecule has 126 valence electrons. The van der Waals surface area contributed by atoms with Crippen molar-refractivity contribution in [1.82, 2.24) is 4.68 Å². The van der Waals surface area contributed by atoms with Crippen molar-refractivity contribution in [1.29, 1.82) is 0 Å². The van der Waals surface area contributed by atoms with Crippen molar-refractivity contribution >= 4 is 29.4 Å². The Hall–Kier alpha value is -1.50. The summed E-state index contributed by atoms with van der Waals surface area (Å²) in [6.45, 7) is 8.11. The highest BCUT2D eigenvalue weighted by Crippen LogP contribution is 2.18. The molecule has 0 amide bonds. The van der Waals surface area contributed by atoms with Gasteiger partial charge in [-0.25, -0.2) is 9.67 Å². The molecule has 2 aromatic rings. The SMILES string of the molecule is CCOc1ccc(N=c2scc(C)n2N2CCOCC2)cc1.Cl. The summed E-state index contributed by atoms with van der Waals surface area (Å²) in [5, 5.41) is 4.44. The molecule has 0 unspecified atom stereocenters. The molecule has 1 fully saturated rings. The Labute approximate surface area is 146 Å². The molecule has 1 aromatic carbocycles. The maximum Gasteiger partial charge on any atom is 0.209 e. The fourth-order valence-corrected chi connectivity index (χ4v) is 3.35. The number of ether oxygens (including phenoxy) is 2. The number of aryl methyl sites for hydroxylation is 1. The summed E-state index contributed by atoms with van der Waals surface area (Å²) in [6.07, 6.45) is 0. The Morgan fingerprint density at radius 3 is 2.57 bits per heavy atom. The third kappa shape index (κ3) is 4.28. The fraction of sp³-hybridized carbons (Fsp3) is 0.438. The molecule has 0 bridgehead atoms. The van der Waals surface area contributed by atoms with Crippen molar-refractivity contribution in [2.75, 3.05) is 37.9 Å². The quantitative estimate of drug-likeness (QED) is 0.846. The van der Waals surface area contributed by atoms with Gasteiger partial charge >= 0.3 is 0 Å². The van der Waals surface area contributed by atoms with E-state index in [4.69, 9.17) is 14.5 Å². The van der Waals surface area contributed by atoms with Crippen LogP contribution in [0.15, 0.2) is 34.6 Å². The summed E-state index contributed by atoms with van der Waals surface area (Å²) >= 11 is 1.66. The third-order valence-electron chi connectivity index (χ3n) is 3.49. The number of hydrogen-bond donors (Lipinski definition) is 0. The molecule has 5 nitrogen and oxygen atoms in total. The first-order chi connectivity index (χ1) is 10.8. The molecule has 0 saturated carbocycles. The molecule has 3 rings (SSSR count). The number of hydrogen-bond acceptors (Lipinski definition) is 5. The van der Waals surface area contributed by atoms with E-state index >= 15 is 0 Å². The summed E-state index contributed by atoms with van der Waals surface area (Å²) in [5.74, 6) is 0.880. The lowest BCUT2D eigenvalue weighted by Crippen LogP contribution is -2.48. The van der Waals surface area contributed by atoms with Gasteiger partial charge in [0.15, 0.2) is 0 Å². The van der Waals surface area contributed by atoms with Crippen LogP contribution in [0.5, 0.6) is 5.75 Å². The van der Waals surface area contributed by atoms with Crippen LogP contribution in [0.2, 0.25) is 0 Å². The second-order valence-corrected chi connectivity index (χ2v) is 5.91. The lowest BCUT2D eigenvalue weighted by Gasteiger charge is -2.30. The monoisotopic (exact) mass is 355 g/mol. The third-order valence-corrected chi connectivity index (χ3v) is 4.43. The van der Waals surface area contributed by atoms with Crippen molar-refractivity contribution in [2.45, 2.75) is 13.8 Å². The minimum atomic E-state index is 0. The van der Waals surface area contributed by atoms with Crippen molar-refractivity contribution in [2.24, 2.45) is 4.99 Å². The zero-order chi connectivity index (χ0) is 15.4. The molecular formula is C16H22ClN3O2S. The van der Waals surface area contributed by atoms with E-state index < -0.39 is 0 Å². The van der Waals surface area contributed by atoms with Gasteiger partial charge in [0.05, 0.1) is 38.6 Å². The average molecular weight is 356 g/mol. The van der Waals surface area contributed by atoms with Gasteiger partial charge in [-0.3, -0.25) is 0 Å².